The number of thiazole rings is 1. The largest absolute Gasteiger partial charge is 0.301 e. The van der Waals surface area contributed by atoms with E-state index in [0.29, 0.717) is 11.0 Å². The average Bonchev–Trinajstić information content (AvgIpc) is 2.78. The van der Waals surface area contributed by atoms with Gasteiger partial charge in [-0.15, -0.1) is 0 Å². The zero-order chi connectivity index (χ0) is 14.9. The molecule has 2 rings (SSSR count). The predicted molar refractivity (Wildman–Crippen MR) is 89.9 cm³/mol. The highest BCUT2D eigenvalue weighted by Gasteiger charge is 2.19. The number of hydrogen-bond acceptors (Lipinski definition) is 3. The predicted octanol–water partition coefficient (Wildman–Crippen LogP) is 4.78. The van der Waals surface area contributed by atoms with Crippen LogP contribution in [0.4, 0.5) is 5.13 Å². The summed E-state index contributed by atoms with van der Waals surface area (Å²) in [4.78, 5) is 16.3. The second-order valence-electron chi connectivity index (χ2n) is 5.54. The molecule has 1 unspecified atom stereocenters. The Bertz CT molecular complexity index is 621. The van der Waals surface area contributed by atoms with Crippen molar-refractivity contribution in [2.75, 3.05) is 5.32 Å². The maximum absolute atomic E-state index is 12.0. The van der Waals surface area contributed by atoms with Crippen molar-refractivity contribution in [1.82, 2.24) is 4.98 Å². The molecule has 5 heteroatoms. The Morgan fingerprint density at radius 3 is 2.60 bits per heavy atom. The summed E-state index contributed by atoms with van der Waals surface area (Å²) in [5.74, 6) is 0.701. The molecule has 1 aromatic heterocycles. The first-order chi connectivity index (χ1) is 9.38. The summed E-state index contributed by atoms with van der Waals surface area (Å²) in [5.41, 5.74) is 2.23. The van der Waals surface area contributed by atoms with Crippen molar-refractivity contribution in [3.05, 3.63) is 23.8 Å². The number of halogens is 1. The molecule has 0 fully saturated rings. The topological polar surface area (TPSA) is 42.0 Å². The van der Waals surface area contributed by atoms with E-state index in [2.05, 4.69) is 52.2 Å². The number of fused-ring (bicyclic) bond motifs is 1. The smallest absolute Gasteiger partial charge is 0.240 e. The second kappa shape index (κ2) is 6.22. The van der Waals surface area contributed by atoms with Crippen molar-refractivity contribution in [3.63, 3.8) is 0 Å². The van der Waals surface area contributed by atoms with Crippen LogP contribution < -0.4 is 5.32 Å². The minimum atomic E-state index is -0.194. The van der Waals surface area contributed by atoms with E-state index in [1.165, 1.54) is 16.9 Å². The van der Waals surface area contributed by atoms with Gasteiger partial charge < -0.3 is 5.32 Å². The summed E-state index contributed by atoms with van der Waals surface area (Å²) < 4.78 is 1.11. The molecule has 1 amide bonds. The van der Waals surface area contributed by atoms with E-state index in [4.69, 9.17) is 0 Å². The highest BCUT2D eigenvalue weighted by molar-refractivity contribution is 9.10. The lowest BCUT2D eigenvalue weighted by Gasteiger charge is -2.11. The normalized spacial score (nSPS) is 13.2. The van der Waals surface area contributed by atoms with E-state index in [-0.39, 0.29) is 16.7 Å². The Labute approximate surface area is 131 Å². The quantitative estimate of drug-likeness (QED) is 0.802. The molecule has 3 nitrogen and oxygen atoms in total. The Morgan fingerprint density at radius 1 is 1.30 bits per heavy atom. The number of rotatable bonds is 4. The van der Waals surface area contributed by atoms with E-state index in [1.54, 1.807) is 0 Å². The summed E-state index contributed by atoms with van der Waals surface area (Å²) in [7, 11) is 0. The van der Waals surface area contributed by atoms with Gasteiger partial charge >= 0.3 is 0 Å². The van der Waals surface area contributed by atoms with Crippen LogP contribution in [0.25, 0.3) is 10.2 Å². The second-order valence-corrected chi connectivity index (χ2v) is 7.55. The van der Waals surface area contributed by atoms with Crippen molar-refractivity contribution in [2.45, 2.75) is 38.4 Å². The van der Waals surface area contributed by atoms with Gasteiger partial charge in [0.1, 0.15) is 0 Å². The van der Waals surface area contributed by atoms with Gasteiger partial charge in [0.05, 0.1) is 15.0 Å². The van der Waals surface area contributed by atoms with Crippen LogP contribution in [0.1, 0.15) is 39.2 Å². The molecule has 0 aliphatic carbocycles. The lowest BCUT2D eigenvalue weighted by Crippen LogP contribution is -2.26. The molecule has 0 saturated carbocycles. The molecule has 0 aliphatic heterocycles. The Hall–Kier alpha value is -0.940. The minimum Gasteiger partial charge on any atom is -0.301 e. The molecular formula is C15H19BrN2OS. The number of aromatic nitrogens is 1. The summed E-state index contributed by atoms with van der Waals surface area (Å²) in [6, 6.07) is 6.27. The summed E-state index contributed by atoms with van der Waals surface area (Å²) in [6.45, 7) is 8.35. The van der Waals surface area contributed by atoms with Crippen molar-refractivity contribution >= 4 is 48.5 Å². The fourth-order valence-corrected chi connectivity index (χ4v) is 2.86. The number of carbonyl (C=O) groups is 1. The molecule has 0 aliphatic rings. The molecular weight excluding hydrogens is 336 g/mol. The first-order valence-corrected chi connectivity index (χ1v) is 8.47. The van der Waals surface area contributed by atoms with Crippen LogP contribution in [0.2, 0.25) is 0 Å². The number of amides is 1. The van der Waals surface area contributed by atoms with Gasteiger partial charge in [0.2, 0.25) is 5.91 Å². The molecule has 0 radical (unpaired) electrons. The molecule has 0 bridgehead atoms. The standard InChI is InChI=1S/C15H19BrN2OS/c1-8(2)10-5-6-11-12(7-10)20-15(17-11)18-14(19)13(16)9(3)4/h5-9,13H,1-4H3,(H,17,18,19). The summed E-state index contributed by atoms with van der Waals surface area (Å²) in [5, 5.41) is 3.55. The van der Waals surface area contributed by atoms with E-state index in [0.717, 1.165) is 10.2 Å². The molecule has 1 atom stereocenters. The van der Waals surface area contributed by atoms with Crippen LogP contribution in [-0.4, -0.2) is 15.7 Å². The van der Waals surface area contributed by atoms with Crippen molar-refractivity contribution in [3.8, 4) is 0 Å². The van der Waals surface area contributed by atoms with Crippen molar-refractivity contribution in [2.24, 2.45) is 5.92 Å². The monoisotopic (exact) mass is 354 g/mol. The molecule has 2 aromatic rings. The fourth-order valence-electron chi connectivity index (χ4n) is 1.83. The van der Waals surface area contributed by atoms with Gasteiger partial charge in [-0.3, -0.25) is 4.79 Å². The Kier molecular flexibility index (Phi) is 4.81. The lowest BCUT2D eigenvalue weighted by atomic mass is 10.0. The van der Waals surface area contributed by atoms with Crippen LogP contribution >= 0.6 is 27.3 Å². The third-order valence-electron chi connectivity index (χ3n) is 3.15. The zero-order valence-electron chi connectivity index (χ0n) is 12.1. The van der Waals surface area contributed by atoms with E-state index in [1.807, 2.05) is 19.9 Å². The van der Waals surface area contributed by atoms with Gasteiger partial charge in [0.25, 0.3) is 0 Å². The van der Waals surface area contributed by atoms with E-state index in [9.17, 15) is 4.79 Å². The van der Waals surface area contributed by atoms with Crippen LogP contribution in [0.5, 0.6) is 0 Å². The molecule has 1 N–H and O–H groups in total. The van der Waals surface area contributed by atoms with Gasteiger partial charge in [-0.2, -0.15) is 0 Å². The average molecular weight is 355 g/mol. The zero-order valence-corrected chi connectivity index (χ0v) is 14.5. The molecule has 0 saturated heterocycles. The van der Waals surface area contributed by atoms with Crippen LogP contribution in [-0.2, 0) is 4.79 Å². The van der Waals surface area contributed by atoms with Crippen LogP contribution in [0, 0.1) is 5.92 Å². The summed E-state index contributed by atoms with van der Waals surface area (Å²) >= 11 is 4.93. The number of alkyl halides is 1. The molecule has 1 aromatic carbocycles. The Morgan fingerprint density at radius 2 is 2.00 bits per heavy atom. The van der Waals surface area contributed by atoms with Crippen LogP contribution in [0.3, 0.4) is 0 Å². The number of nitrogens with zero attached hydrogens (tertiary/aromatic N) is 1. The number of nitrogens with one attached hydrogen (secondary N) is 1. The highest BCUT2D eigenvalue weighted by Crippen LogP contribution is 2.29. The Balaban J connectivity index is 2.22. The number of hydrogen-bond donors (Lipinski definition) is 1. The van der Waals surface area contributed by atoms with Gasteiger partial charge in [-0.25, -0.2) is 4.98 Å². The number of carbonyl (C=O) groups excluding carboxylic acids is 1. The van der Waals surface area contributed by atoms with Crippen molar-refractivity contribution < 1.29 is 4.79 Å². The van der Waals surface area contributed by atoms with Gasteiger partial charge in [-0.05, 0) is 29.5 Å². The SMILES string of the molecule is CC(C)c1ccc2nc(NC(=O)C(Br)C(C)C)sc2c1. The third-order valence-corrected chi connectivity index (χ3v) is 5.55. The molecule has 20 heavy (non-hydrogen) atoms. The first-order valence-electron chi connectivity index (χ1n) is 6.74. The van der Waals surface area contributed by atoms with E-state index < -0.39 is 0 Å². The van der Waals surface area contributed by atoms with Gasteiger partial charge in [0.15, 0.2) is 5.13 Å². The van der Waals surface area contributed by atoms with Crippen molar-refractivity contribution in [1.29, 1.82) is 0 Å². The minimum absolute atomic E-state index is 0.0388. The molecule has 1 heterocycles. The summed E-state index contributed by atoms with van der Waals surface area (Å²) in [6.07, 6.45) is 0. The fraction of sp³-hybridized carbons (Fsp3) is 0.467. The first kappa shape index (κ1) is 15.4. The van der Waals surface area contributed by atoms with Crippen LogP contribution in [0.15, 0.2) is 18.2 Å². The third kappa shape index (κ3) is 3.38. The lowest BCUT2D eigenvalue weighted by molar-refractivity contribution is -0.116. The molecule has 0 spiro atoms. The number of anilines is 1. The van der Waals surface area contributed by atoms with Gasteiger partial charge in [-0.1, -0.05) is 61.0 Å². The highest BCUT2D eigenvalue weighted by atomic mass is 79.9. The maximum Gasteiger partial charge on any atom is 0.240 e. The maximum atomic E-state index is 12.0. The number of benzene rings is 1. The van der Waals surface area contributed by atoms with Gasteiger partial charge in [0, 0.05) is 0 Å². The van der Waals surface area contributed by atoms with E-state index >= 15 is 0 Å². The molecule has 108 valence electrons.